The predicted octanol–water partition coefficient (Wildman–Crippen LogP) is 4.84. The number of fused-ring (bicyclic) bond motifs is 6. The molecule has 2 aromatic carbocycles. The second-order valence-corrected chi connectivity index (χ2v) is 7.92. The van der Waals surface area contributed by atoms with Crippen molar-refractivity contribution in [3.63, 3.8) is 0 Å². The number of nitrogens with two attached hydrogens (primary N) is 1. The lowest BCUT2D eigenvalue weighted by Crippen LogP contribution is -2.22. The maximum absolute atomic E-state index is 12.9. The zero-order chi connectivity index (χ0) is 22.0. The van der Waals surface area contributed by atoms with Crippen molar-refractivity contribution in [3.8, 4) is 11.1 Å². The van der Waals surface area contributed by atoms with Crippen molar-refractivity contribution in [1.82, 2.24) is 4.98 Å². The maximum Gasteiger partial charge on any atom is 0.411 e. The van der Waals surface area contributed by atoms with E-state index in [9.17, 15) is 9.59 Å². The van der Waals surface area contributed by atoms with Crippen LogP contribution in [-0.4, -0.2) is 24.1 Å². The van der Waals surface area contributed by atoms with Crippen LogP contribution in [0.1, 0.15) is 37.9 Å². The molecule has 31 heavy (non-hydrogen) atoms. The Kier molecular flexibility index (Phi) is 5.86. The second-order valence-electron chi connectivity index (χ2n) is 7.92. The zero-order valence-corrected chi connectivity index (χ0v) is 17.6. The first-order chi connectivity index (χ1) is 15.0. The first-order valence-electron chi connectivity index (χ1n) is 10.4. The van der Waals surface area contributed by atoms with Gasteiger partial charge in [-0.1, -0.05) is 37.6 Å². The molecule has 1 aromatic heterocycles. The minimum absolute atomic E-state index is 0.0656. The molecule has 0 unspecified atom stereocenters. The van der Waals surface area contributed by atoms with Gasteiger partial charge in [0.2, 0.25) is 5.91 Å². The summed E-state index contributed by atoms with van der Waals surface area (Å²) >= 11 is 0. The topological polar surface area (TPSA) is 106 Å². The van der Waals surface area contributed by atoms with E-state index >= 15 is 0 Å². The van der Waals surface area contributed by atoms with Crippen LogP contribution in [0.2, 0.25) is 0 Å². The van der Waals surface area contributed by atoms with Gasteiger partial charge in [-0.2, -0.15) is 0 Å². The van der Waals surface area contributed by atoms with Gasteiger partial charge in [-0.25, -0.2) is 4.79 Å². The van der Waals surface area contributed by atoms with Gasteiger partial charge in [0.15, 0.2) is 0 Å². The van der Waals surface area contributed by atoms with E-state index in [-0.39, 0.29) is 17.9 Å². The van der Waals surface area contributed by atoms with Crippen LogP contribution in [0, 0.1) is 5.92 Å². The van der Waals surface area contributed by atoms with Crippen molar-refractivity contribution in [3.05, 3.63) is 54.2 Å². The van der Waals surface area contributed by atoms with Crippen LogP contribution < -0.4 is 16.4 Å². The third-order valence-electron chi connectivity index (χ3n) is 5.72. The van der Waals surface area contributed by atoms with Crippen molar-refractivity contribution >= 4 is 34.3 Å². The van der Waals surface area contributed by atoms with Crippen LogP contribution in [0.25, 0.3) is 22.0 Å². The van der Waals surface area contributed by atoms with Crippen molar-refractivity contribution in [2.75, 3.05) is 17.7 Å². The molecular formula is C24H26N4O3. The third kappa shape index (κ3) is 4.36. The van der Waals surface area contributed by atoms with Crippen molar-refractivity contribution in [1.29, 1.82) is 0 Å². The van der Waals surface area contributed by atoms with E-state index in [1.807, 2.05) is 43.3 Å². The molecule has 0 saturated carbocycles. The second kappa shape index (κ2) is 8.73. The number of ether oxygens (including phenoxy) is 1. The molecule has 2 amide bonds. The number of hydrogen-bond acceptors (Lipinski definition) is 5. The number of carbonyl (C=O) groups is 2. The van der Waals surface area contributed by atoms with E-state index in [0.29, 0.717) is 11.4 Å². The molecule has 160 valence electrons. The number of pyridine rings is 1. The van der Waals surface area contributed by atoms with E-state index in [4.69, 9.17) is 15.5 Å². The Morgan fingerprint density at radius 1 is 1.16 bits per heavy atom. The SMILES string of the molecule is COC(=O)Nc1ccc2c(c1)NC(=O)[C@H](C)CCC[C@H](N)c1cc-2c2ccccc2n1. The molecule has 1 aliphatic rings. The molecule has 0 spiro atoms. The molecule has 2 heterocycles. The van der Waals surface area contributed by atoms with E-state index in [2.05, 4.69) is 10.6 Å². The molecule has 1 aliphatic heterocycles. The summed E-state index contributed by atoms with van der Waals surface area (Å²) in [4.78, 5) is 29.4. The highest BCUT2D eigenvalue weighted by molar-refractivity contribution is 6.03. The molecule has 7 nitrogen and oxygen atoms in total. The van der Waals surface area contributed by atoms with Gasteiger partial charge in [0.25, 0.3) is 0 Å². The van der Waals surface area contributed by atoms with Crippen molar-refractivity contribution in [2.24, 2.45) is 11.7 Å². The summed E-state index contributed by atoms with van der Waals surface area (Å²) in [6.45, 7) is 1.91. The van der Waals surface area contributed by atoms with Crippen LogP contribution in [0.5, 0.6) is 0 Å². The van der Waals surface area contributed by atoms with E-state index < -0.39 is 6.09 Å². The highest BCUT2D eigenvalue weighted by Gasteiger charge is 2.21. The number of amides is 2. The number of para-hydroxylation sites is 1. The largest absolute Gasteiger partial charge is 0.453 e. The number of carbonyl (C=O) groups excluding carboxylic acids is 2. The monoisotopic (exact) mass is 418 g/mol. The van der Waals surface area contributed by atoms with Gasteiger partial charge in [0.05, 0.1) is 24.0 Å². The van der Waals surface area contributed by atoms with Crippen LogP contribution >= 0.6 is 0 Å². The highest BCUT2D eigenvalue weighted by atomic mass is 16.5. The predicted molar refractivity (Wildman–Crippen MR) is 122 cm³/mol. The quantitative estimate of drug-likeness (QED) is 0.524. The molecule has 0 saturated heterocycles. The summed E-state index contributed by atoms with van der Waals surface area (Å²) in [6, 6.07) is 15.1. The van der Waals surface area contributed by atoms with Gasteiger partial charge in [-0.15, -0.1) is 0 Å². The summed E-state index contributed by atoms with van der Waals surface area (Å²) in [5.74, 6) is -0.232. The van der Waals surface area contributed by atoms with Crippen LogP contribution in [-0.2, 0) is 9.53 Å². The molecule has 3 aromatic rings. The first kappa shape index (κ1) is 20.8. The Hall–Kier alpha value is -3.45. The summed E-state index contributed by atoms with van der Waals surface area (Å²) in [7, 11) is 1.31. The zero-order valence-electron chi connectivity index (χ0n) is 17.6. The fourth-order valence-electron chi connectivity index (χ4n) is 3.92. The number of nitrogens with zero attached hydrogens (tertiary/aromatic N) is 1. The molecule has 2 bridgehead atoms. The fourth-order valence-corrected chi connectivity index (χ4v) is 3.92. The number of anilines is 2. The number of aromatic nitrogens is 1. The molecule has 0 aliphatic carbocycles. The molecule has 4 rings (SSSR count). The van der Waals surface area contributed by atoms with Gasteiger partial charge >= 0.3 is 6.09 Å². The summed E-state index contributed by atoms with van der Waals surface area (Å²) in [5, 5.41) is 6.69. The number of methoxy groups -OCH3 is 1. The minimum atomic E-state index is -0.574. The Morgan fingerprint density at radius 2 is 1.97 bits per heavy atom. The van der Waals surface area contributed by atoms with Crippen LogP contribution in [0.4, 0.5) is 16.2 Å². The van der Waals surface area contributed by atoms with E-state index in [1.54, 1.807) is 12.1 Å². The molecule has 0 fully saturated rings. The number of hydrogen-bond donors (Lipinski definition) is 3. The standard InChI is InChI=1S/C24H26N4O3/c1-14-6-5-8-19(25)22-13-18(16-7-3-4-9-20(16)27-22)17-11-10-15(26-24(30)31-2)12-21(17)28-23(14)29/h3-4,7,9-14,19H,5-6,8,25H2,1-2H3,(H,26,30)(H,28,29)/t14-,19+/m1/s1. The highest BCUT2D eigenvalue weighted by Crippen LogP contribution is 2.37. The summed E-state index contributed by atoms with van der Waals surface area (Å²) in [5.41, 5.74) is 11.1. The maximum atomic E-state index is 12.9. The lowest BCUT2D eigenvalue weighted by atomic mass is 9.93. The van der Waals surface area contributed by atoms with Gasteiger partial charge in [-0.05, 0) is 42.7 Å². The van der Waals surface area contributed by atoms with E-state index in [0.717, 1.165) is 47.0 Å². The van der Waals surface area contributed by atoms with Crippen LogP contribution in [0.3, 0.4) is 0 Å². The Balaban J connectivity index is 1.93. The van der Waals surface area contributed by atoms with E-state index in [1.165, 1.54) is 7.11 Å². The first-order valence-corrected chi connectivity index (χ1v) is 10.4. The fraction of sp³-hybridized carbons (Fsp3) is 0.292. The van der Waals surface area contributed by atoms with Gasteiger partial charge in [-0.3, -0.25) is 15.1 Å². The lowest BCUT2D eigenvalue weighted by Gasteiger charge is -2.21. The number of nitrogens with one attached hydrogen (secondary N) is 2. The van der Waals surface area contributed by atoms with Gasteiger partial charge in [0, 0.05) is 28.6 Å². The molecule has 2 atom stereocenters. The average Bonchev–Trinajstić information content (AvgIpc) is 2.77. The Labute approximate surface area is 181 Å². The van der Waals surface area contributed by atoms with Crippen molar-refractivity contribution < 1.29 is 14.3 Å². The van der Waals surface area contributed by atoms with Crippen LogP contribution in [0.15, 0.2) is 48.5 Å². The molecular weight excluding hydrogens is 392 g/mol. The normalized spacial score (nSPS) is 18.9. The summed E-state index contributed by atoms with van der Waals surface area (Å²) < 4.78 is 4.69. The third-order valence-corrected chi connectivity index (χ3v) is 5.72. The van der Waals surface area contributed by atoms with Gasteiger partial charge in [0.1, 0.15) is 0 Å². The Morgan fingerprint density at radius 3 is 2.77 bits per heavy atom. The number of rotatable bonds is 1. The number of benzene rings is 2. The minimum Gasteiger partial charge on any atom is -0.453 e. The average molecular weight is 418 g/mol. The molecule has 0 radical (unpaired) electrons. The lowest BCUT2D eigenvalue weighted by molar-refractivity contribution is -0.119. The Bertz CT molecular complexity index is 1140. The van der Waals surface area contributed by atoms with Crippen molar-refractivity contribution in [2.45, 2.75) is 32.2 Å². The molecule has 4 N–H and O–H groups in total. The summed E-state index contributed by atoms with van der Waals surface area (Å²) in [6.07, 6.45) is 1.75. The smallest absolute Gasteiger partial charge is 0.411 e. The molecule has 7 heteroatoms. The van der Waals surface area contributed by atoms with Gasteiger partial charge < -0.3 is 15.8 Å².